The number of anilines is 1. The number of aryl methyl sites for hydroxylation is 1. The third-order valence-corrected chi connectivity index (χ3v) is 4.29. The van der Waals surface area contributed by atoms with Crippen LogP contribution < -0.4 is 10.7 Å². The molecule has 0 aliphatic heterocycles. The molecule has 0 bridgehead atoms. The quantitative estimate of drug-likeness (QED) is 0.365. The van der Waals surface area contributed by atoms with Crippen molar-refractivity contribution in [1.82, 2.24) is 5.43 Å². The molecule has 9 heteroatoms. The van der Waals surface area contributed by atoms with Crippen LogP contribution in [0.25, 0.3) is 0 Å². The summed E-state index contributed by atoms with van der Waals surface area (Å²) in [5, 5.41) is 17.7. The average molecular weight is 406 g/mol. The monoisotopic (exact) mass is 406 g/mol. The van der Waals surface area contributed by atoms with Crippen LogP contribution in [0.2, 0.25) is 0 Å². The Morgan fingerprint density at radius 2 is 1.73 bits per heavy atom. The minimum atomic E-state index is -0.500. The number of hydrazone groups is 1. The van der Waals surface area contributed by atoms with Gasteiger partial charge in [-0.05, 0) is 55.8 Å². The van der Waals surface area contributed by atoms with Crippen molar-refractivity contribution in [2.24, 2.45) is 5.10 Å². The number of furan rings is 1. The molecule has 0 saturated carbocycles. The van der Waals surface area contributed by atoms with E-state index in [1.54, 1.807) is 50.2 Å². The Morgan fingerprint density at radius 1 is 1.03 bits per heavy atom. The third kappa shape index (κ3) is 4.76. The van der Waals surface area contributed by atoms with Gasteiger partial charge in [-0.25, -0.2) is 5.43 Å². The summed E-state index contributed by atoms with van der Waals surface area (Å²) in [6, 6.07) is 14.2. The van der Waals surface area contributed by atoms with Gasteiger partial charge in [-0.3, -0.25) is 19.7 Å². The van der Waals surface area contributed by atoms with Crippen molar-refractivity contribution in [3.05, 3.63) is 93.4 Å². The molecule has 0 radical (unpaired) electrons. The zero-order valence-corrected chi connectivity index (χ0v) is 16.2. The lowest BCUT2D eigenvalue weighted by Crippen LogP contribution is -2.19. The van der Waals surface area contributed by atoms with Crippen LogP contribution in [0, 0.1) is 17.0 Å². The standard InChI is InChI=1S/C21H18N4O5/c1-13-12-16(7-10-18(13)25(28)29)20(26)24-23-14(2)15-5-8-17(9-6-15)22-21(27)19-4-3-11-30-19/h3-12H,1-2H3,(H,22,27)(H,24,26). The number of nitro benzene ring substituents is 1. The highest BCUT2D eigenvalue weighted by molar-refractivity contribution is 6.03. The topological polar surface area (TPSA) is 127 Å². The predicted molar refractivity (Wildman–Crippen MR) is 111 cm³/mol. The minimum absolute atomic E-state index is 0.0505. The van der Waals surface area contributed by atoms with Crippen molar-refractivity contribution in [3.63, 3.8) is 0 Å². The first-order chi connectivity index (χ1) is 14.3. The average Bonchev–Trinajstić information content (AvgIpc) is 3.27. The summed E-state index contributed by atoms with van der Waals surface area (Å²) in [6.07, 6.45) is 1.42. The van der Waals surface area contributed by atoms with Gasteiger partial charge >= 0.3 is 0 Å². The van der Waals surface area contributed by atoms with Gasteiger partial charge in [0.1, 0.15) is 0 Å². The Kier molecular flexibility index (Phi) is 6.02. The lowest BCUT2D eigenvalue weighted by atomic mass is 10.1. The van der Waals surface area contributed by atoms with E-state index in [0.29, 0.717) is 17.0 Å². The maximum atomic E-state index is 12.3. The highest BCUT2D eigenvalue weighted by Crippen LogP contribution is 2.18. The normalized spacial score (nSPS) is 11.1. The number of benzene rings is 2. The molecule has 0 aliphatic rings. The maximum Gasteiger partial charge on any atom is 0.291 e. The van der Waals surface area contributed by atoms with Gasteiger partial charge in [0.2, 0.25) is 0 Å². The van der Waals surface area contributed by atoms with Gasteiger partial charge in [0.05, 0.1) is 16.9 Å². The predicted octanol–water partition coefficient (Wildman–Crippen LogP) is 3.90. The second kappa shape index (κ2) is 8.82. The summed E-state index contributed by atoms with van der Waals surface area (Å²) in [4.78, 5) is 34.6. The first kappa shape index (κ1) is 20.5. The minimum Gasteiger partial charge on any atom is -0.459 e. The van der Waals surface area contributed by atoms with Crippen molar-refractivity contribution >= 4 is 28.9 Å². The number of carbonyl (C=O) groups excluding carboxylic acids is 2. The van der Waals surface area contributed by atoms with Crippen molar-refractivity contribution in [2.45, 2.75) is 13.8 Å². The van der Waals surface area contributed by atoms with Crippen molar-refractivity contribution in [2.75, 3.05) is 5.32 Å². The van der Waals surface area contributed by atoms with Crippen LogP contribution in [0.3, 0.4) is 0 Å². The molecule has 2 amide bonds. The van der Waals surface area contributed by atoms with Crippen molar-refractivity contribution in [3.8, 4) is 0 Å². The van der Waals surface area contributed by atoms with E-state index in [1.165, 1.54) is 24.5 Å². The van der Waals surface area contributed by atoms with E-state index in [-0.39, 0.29) is 22.9 Å². The molecule has 30 heavy (non-hydrogen) atoms. The van der Waals surface area contributed by atoms with Crippen LogP contribution in [0.5, 0.6) is 0 Å². The fraction of sp³-hybridized carbons (Fsp3) is 0.0952. The maximum absolute atomic E-state index is 12.3. The fourth-order valence-electron chi connectivity index (χ4n) is 2.66. The molecule has 1 aromatic heterocycles. The number of rotatable bonds is 6. The number of amides is 2. The highest BCUT2D eigenvalue weighted by atomic mass is 16.6. The lowest BCUT2D eigenvalue weighted by Gasteiger charge is -2.06. The van der Waals surface area contributed by atoms with Gasteiger partial charge in [0, 0.05) is 22.9 Å². The second-order valence-electron chi connectivity index (χ2n) is 6.41. The molecular weight excluding hydrogens is 388 g/mol. The SMILES string of the molecule is CC(=NNC(=O)c1ccc([N+](=O)[O-])c(C)c1)c1ccc(NC(=O)c2ccco2)cc1. The summed E-state index contributed by atoms with van der Waals surface area (Å²) < 4.78 is 5.04. The highest BCUT2D eigenvalue weighted by Gasteiger charge is 2.14. The van der Waals surface area contributed by atoms with Crippen LogP contribution in [0.1, 0.15) is 39.0 Å². The van der Waals surface area contributed by atoms with E-state index >= 15 is 0 Å². The Balaban J connectivity index is 1.64. The molecule has 9 nitrogen and oxygen atoms in total. The zero-order valence-electron chi connectivity index (χ0n) is 16.2. The molecule has 3 aromatic rings. The van der Waals surface area contributed by atoms with E-state index in [9.17, 15) is 19.7 Å². The Bertz CT molecular complexity index is 1120. The van der Waals surface area contributed by atoms with Gasteiger partial charge in [-0.1, -0.05) is 12.1 Å². The smallest absolute Gasteiger partial charge is 0.291 e. The molecule has 0 spiro atoms. The summed E-state index contributed by atoms with van der Waals surface area (Å²) in [6.45, 7) is 3.29. The summed E-state index contributed by atoms with van der Waals surface area (Å²) in [5.41, 5.74) is 4.91. The summed E-state index contributed by atoms with van der Waals surface area (Å²) in [5.74, 6) is -0.625. The van der Waals surface area contributed by atoms with E-state index in [4.69, 9.17) is 4.42 Å². The first-order valence-electron chi connectivity index (χ1n) is 8.90. The number of hydrogen-bond donors (Lipinski definition) is 2. The Morgan fingerprint density at radius 3 is 2.33 bits per heavy atom. The van der Waals surface area contributed by atoms with Gasteiger partial charge in [-0.2, -0.15) is 5.10 Å². The van der Waals surface area contributed by atoms with Crippen molar-refractivity contribution in [1.29, 1.82) is 0 Å². The zero-order chi connectivity index (χ0) is 21.7. The molecule has 0 fully saturated rings. The number of nitrogens with zero attached hydrogens (tertiary/aromatic N) is 2. The molecule has 1 heterocycles. The first-order valence-corrected chi connectivity index (χ1v) is 8.90. The molecule has 2 N–H and O–H groups in total. The number of nitro groups is 1. The van der Waals surface area contributed by atoms with Gasteiger partial charge in [0.25, 0.3) is 17.5 Å². The van der Waals surface area contributed by atoms with E-state index in [0.717, 1.165) is 5.56 Å². The summed E-state index contributed by atoms with van der Waals surface area (Å²) >= 11 is 0. The lowest BCUT2D eigenvalue weighted by molar-refractivity contribution is -0.385. The number of carbonyl (C=O) groups is 2. The Labute approximate surface area is 171 Å². The van der Waals surface area contributed by atoms with Gasteiger partial charge < -0.3 is 9.73 Å². The van der Waals surface area contributed by atoms with E-state index in [2.05, 4.69) is 15.8 Å². The van der Waals surface area contributed by atoms with Crippen LogP contribution in [-0.4, -0.2) is 22.4 Å². The summed E-state index contributed by atoms with van der Waals surface area (Å²) in [7, 11) is 0. The van der Waals surface area contributed by atoms with E-state index < -0.39 is 10.8 Å². The van der Waals surface area contributed by atoms with Gasteiger partial charge in [0.15, 0.2) is 5.76 Å². The third-order valence-electron chi connectivity index (χ3n) is 4.29. The molecule has 0 saturated heterocycles. The largest absolute Gasteiger partial charge is 0.459 e. The van der Waals surface area contributed by atoms with Crippen molar-refractivity contribution < 1.29 is 18.9 Å². The Hall–Kier alpha value is -4.27. The second-order valence-corrected chi connectivity index (χ2v) is 6.41. The molecule has 152 valence electrons. The van der Waals surface area contributed by atoms with Crippen LogP contribution in [0.4, 0.5) is 11.4 Å². The van der Waals surface area contributed by atoms with E-state index in [1.807, 2.05) is 0 Å². The fourth-order valence-corrected chi connectivity index (χ4v) is 2.66. The van der Waals surface area contributed by atoms with Gasteiger partial charge in [-0.15, -0.1) is 0 Å². The molecule has 0 atom stereocenters. The molecule has 0 aliphatic carbocycles. The molecule has 3 rings (SSSR count). The number of hydrogen-bond acceptors (Lipinski definition) is 6. The number of nitrogens with one attached hydrogen (secondary N) is 2. The molecular formula is C21H18N4O5. The molecule has 0 unspecified atom stereocenters. The molecule has 2 aromatic carbocycles. The van der Waals surface area contributed by atoms with Crippen LogP contribution in [-0.2, 0) is 0 Å². The van der Waals surface area contributed by atoms with Crippen LogP contribution in [0.15, 0.2) is 70.4 Å². The van der Waals surface area contributed by atoms with Crippen LogP contribution >= 0.6 is 0 Å².